The van der Waals surface area contributed by atoms with Gasteiger partial charge in [-0.3, -0.25) is 0 Å². The second-order valence-electron chi connectivity index (χ2n) is 4.67. The molecule has 0 spiro atoms. The summed E-state index contributed by atoms with van der Waals surface area (Å²) in [5, 5.41) is 13.6. The summed E-state index contributed by atoms with van der Waals surface area (Å²) in [6.07, 6.45) is 1.18. The third-order valence-electron chi connectivity index (χ3n) is 3.12. The third-order valence-corrected chi connectivity index (χ3v) is 3.12. The van der Waals surface area contributed by atoms with Gasteiger partial charge in [0.1, 0.15) is 17.3 Å². The number of nitrogen functional groups attached to an aromatic ring is 2. The minimum absolute atomic E-state index is 0.0489. The molecular weight excluding hydrogens is 287 g/mol. The van der Waals surface area contributed by atoms with Crippen LogP contribution in [0.2, 0.25) is 0 Å². The summed E-state index contributed by atoms with van der Waals surface area (Å²) in [6.45, 7) is 0.187. The number of aromatic hydroxyl groups is 1. The quantitative estimate of drug-likeness (QED) is 0.673. The van der Waals surface area contributed by atoms with Gasteiger partial charge in [0.15, 0.2) is 17.4 Å². The Morgan fingerprint density at radius 3 is 2.73 bits per heavy atom. The summed E-state index contributed by atoms with van der Waals surface area (Å²) < 4.78 is 15.1. The van der Waals surface area contributed by atoms with Crippen molar-refractivity contribution in [3.05, 3.63) is 47.9 Å². The van der Waals surface area contributed by atoms with E-state index >= 15 is 0 Å². The maximum absolute atomic E-state index is 13.7. The summed E-state index contributed by atoms with van der Waals surface area (Å²) in [5.74, 6) is -0.0124. The number of anilines is 2. The molecule has 112 valence electrons. The third kappa shape index (κ3) is 2.53. The van der Waals surface area contributed by atoms with E-state index in [1.807, 2.05) is 0 Å². The average molecular weight is 300 g/mol. The van der Waals surface area contributed by atoms with Crippen LogP contribution in [0.4, 0.5) is 16.0 Å². The normalized spacial score (nSPS) is 10.8. The number of rotatable bonds is 3. The lowest BCUT2D eigenvalue weighted by atomic mass is 10.2. The first-order valence-corrected chi connectivity index (χ1v) is 6.43. The van der Waals surface area contributed by atoms with E-state index in [9.17, 15) is 9.50 Å². The van der Waals surface area contributed by atoms with E-state index in [0.717, 1.165) is 0 Å². The van der Waals surface area contributed by atoms with E-state index in [1.165, 1.54) is 16.9 Å². The van der Waals surface area contributed by atoms with Crippen LogP contribution in [0.3, 0.4) is 0 Å². The molecule has 0 saturated carbocycles. The van der Waals surface area contributed by atoms with Crippen molar-refractivity contribution in [1.82, 2.24) is 19.7 Å². The fourth-order valence-electron chi connectivity index (χ4n) is 1.97. The average Bonchev–Trinajstić information content (AvgIpc) is 2.85. The van der Waals surface area contributed by atoms with E-state index in [2.05, 4.69) is 15.1 Å². The molecule has 2 heterocycles. The zero-order valence-corrected chi connectivity index (χ0v) is 11.4. The predicted molar refractivity (Wildman–Crippen MR) is 79.2 cm³/mol. The van der Waals surface area contributed by atoms with Crippen molar-refractivity contribution in [2.45, 2.75) is 6.54 Å². The van der Waals surface area contributed by atoms with Crippen molar-refractivity contribution in [2.75, 3.05) is 11.5 Å². The van der Waals surface area contributed by atoms with Crippen LogP contribution in [0.25, 0.3) is 11.5 Å². The highest BCUT2D eigenvalue weighted by atomic mass is 19.1. The molecule has 3 rings (SSSR count). The van der Waals surface area contributed by atoms with Crippen molar-refractivity contribution in [2.24, 2.45) is 0 Å². The molecule has 0 aliphatic carbocycles. The second-order valence-corrected chi connectivity index (χ2v) is 4.67. The Hall–Kier alpha value is -3.16. The molecule has 0 bridgehead atoms. The maximum Gasteiger partial charge on any atom is 0.182 e. The Morgan fingerprint density at radius 1 is 1.23 bits per heavy atom. The van der Waals surface area contributed by atoms with E-state index in [1.54, 1.807) is 24.3 Å². The van der Waals surface area contributed by atoms with Gasteiger partial charge in [-0.05, 0) is 6.07 Å². The maximum atomic E-state index is 13.7. The Labute approximate surface area is 125 Å². The molecule has 0 fully saturated rings. The molecule has 7 nitrogen and oxygen atoms in total. The van der Waals surface area contributed by atoms with Gasteiger partial charge in [-0.15, -0.1) is 0 Å². The molecule has 0 aliphatic rings. The Bertz CT molecular complexity index is 832. The van der Waals surface area contributed by atoms with Gasteiger partial charge in [-0.1, -0.05) is 18.2 Å². The topological polar surface area (TPSA) is 116 Å². The summed E-state index contributed by atoms with van der Waals surface area (Å²) >= 11 is 0. The van der Waals surface area contributed by atoms with Crippen LogP contribution < -0.4 is 11.5 Å². The van der Waals surface area contributed by atoms with Crippen molar-refractivity contribution in [1.29, 1.82) is 0 Å². The zero-order chi connectivity index (χ0) is 15.7. The van der Waals surface area contributed by atoms with E-state index < -0.39 is 0 Å². The number of hydrogen-bond donors (Lipinski definition) is 3. The Balaban J connectivity index is 1.94. The summed E-state index contributed by atoms with van der Waals surface area (Å²) in [7, 11) is 0. The summed E-state index contributed by atoms with van der Waals surface area (Å²) in [6, 6.07) is 7.95. The Kier molecular flexibility index (Phi) is 3.34. The van der Waals surface area contributed by atoms with Crippen LogP contribution in [0.1, 0.15) is 5.56 Å². The highest BCUT2D eigenvalue weighted by Gasteiger charge is 2.13. The van der Waals surface area contributed by atoms with Crippen LogP contribution in [0.15, 0.2) is 36.5 Å². The molecule has 1 aromatic carbocycles. The molecule has 5 N–H and O–H groups in total. The largest absolute Gasteiger partial charge is 0.503 e. The van der Waals surface area contributed by atoms with Gasteiger partial charge in [-0.2, -0.15) is 5.10 Å². The number of nitrogens with zero attached hydrogens (tertiary/aromatic N) is 4. The first kappa shape index (κ1) is 13.8. The zero-order valence-electron chi connectivity index (χ0n) is 11.4. The predicted octanol–water partition coefficient (Wildman–Crippen LogP) is 1.40. The van der Waals surface area contributed by atoms with Crippen LogP contribution in [-0.4, -0.2) is 24.9 Å². The van der Waals surface area contributed by atoms with E-state index in [0.29, 0.717) is 17.1 Å². The molecule has 0 radical (unpaired) electrons. The minimum Gasteiger partial charge on any atom is -0.503 e. The lowest BCUT2D eigenvalue weighted by Crippen LogP contribution is -2.07. The second kappa shape index (κ2) is 5.32. The van der Waals surface area contributed by atoms with E-state index in [4.69, 9.17) is 11.5 Å². The molecule has 22 heavy (non-hydrogen) atoms. The van der Waals surface area contributed by atoms with Crippen molar-refractivity contribution in [3.63, 3.8) is 0 Å². The van der Waals surface area contributed by atoms with Gasteiger partial charge < -0.3 is 16.6 Å². The number of hydrogen-bond acceptors (Lipinski definition) is 6. The number of benzene rings is 1. The van der Waals surface area contributed by atoms with Gasteiger partial charge in [0.05, 0.1) is 12.7 Å². The molecule has 0 atom stereocenters. The summed E-state index contributed by atoms with van der Waals surface area (Å²) in [4.78, 5) is 7.88. The van der Waals surface area contributed by atoms with E-state index in [-0.39, 0.29) is 29.8 Å². The summed E-state index contributed by atoms with van der Waals surface area (Å²) in [5.41, 5.74) is 12.3. The van der Waals surface area contributed by atoms with Crippen molar-refractivity contribution >= 4 is 11.6 Å². The monoisotopic (exact) mass is 300 g/mol. The molecule has 3 aromatic rings. The number of nitrogens with two attached hydrogens (primary N) is 2. The van der Waals surface area contributed by atoms with Gasteiger partial charge in [0.2, 0.25) is 0 Å². The lowest BCUT2D eigenvalue weighted by Gasteiger charge is -2.05. The van der Waals surface area contributed by atoms with Crippen molar-refractivity contribution in [3.8, 4) is 17.3 Å². The highest BCUT2D eigenvalue weighted by Crippen LogP contribution is 2.22. The fraction of sp³-hybridized carbons (Fsp3) is 0.0714. The fourth-order valence-corrected chi connectivity index (χ4v) is 1.97. The lowest BCUT2D eigenvalue weighted by molar-refractivity contribution is 0.473. The minimum atomic E-state index is -0.330. The van der Waals surface area contributed by atoms with Gasteiger partial charge in [0, 0.05) is 11.6 Å². The molecule has 0 aliphatic heterocycles. The first-order chi connectivity index (χ1) is 10.5. The molecule has 8 heteroatoms. The molecule has 0 saturated heterocycles. The molecule has 2 aromatic heterocycles. The smallest absolute Gasteiger partial charge is 0.182 e. The van der Waals surface area contributed by atoms with Gasteiger partial charge in [0.25, 0.3) is 0 Å². The number of aromatic nitrogens is 4. The van der Waals surface area contributed by atoms with Crippen LogP contribution >= 0.6 is 0 Å². The SMILES string of the molecule is Nc1nc(-c2cc(N)n(Cc3ccccc3F)n2)ncc1O. The van der Waals surface area contributed by atoms with Crippen LogP contribution in [-0.2, 0) is 6.54 Å². The molecule has 0 unspecified atom stereocenters. The molecule has 0 amide bonds. The van der Waals surface area contributed by atoms with Gasteiger partial charge in [-0.25, -0.2) is 19.0 Å². The van der Waals surface area contributed by atoms with Gasteiger partial charge >= 0.3 is 0 Å². The Morgan fingerprint density at radius 2 is 2.00 bits per heavy atom. The number of halogens is 1. The first-order valence-electron chi connectivity index (χ1n) is 6.43. The van der Waals surface area contributed by atoms with Crippen molar-refractivity contribution < 1.29 is 9.50 Å². The standard InChI is InChI=1S/C14H13FN6O/c15-9-4-2-1-3-8(9)7-21-12(16)5-10(20-21)14-18-6-11(22)13(17)19-14/h1-6,22H,7,16H2,(H2,17,18,19). The van der Waals surface area contributed by atoms with Crippen LogP contribution in [0, 0.1) is 5.82 Å². The highest BCUT2D eigenvalue weighted by molar-refractivity contribution is 5.58. The van der Waals surface area contributed by atoms with Crippen LogP contribution in [0.5, 0.6) is 5.75 Å². The molecular formula is C14H13FN6O.